The molecule has 1 spiro atoms. The molecule has 10 nitrogen and oxygen atoms in total. The average Bonchev–Trinajstić information content (AvgIpc) is 3.24. The van der Waals surface area contributed by atoms with Crippen LogP contribution in [0, 0.1) is 0 Å². The van der Waals surface area contributed by atoms with Gasteiger partial charge in [0.2, 0.25) is 5.71 Å². The molecule has 2 aliphatic rings. The number of anilines is 2. The summed E-state index contributed by atoms with van der Waals surface area (Å²) in [5.74, 6) is -2.12. The molecule has 0 saturated carbocycles. The summed E-state index contributed by atoms with van der Waals surface area (Å²) in [6, 6.07) is 7.14. The average molecular weight is 357 g/mol. The van der Waals surface area contributed by atoms with Crippen LogP contribution < -0.4 is 15.5 Å². The minimum absolute atomic E-state index is 0.0952. The van der Waals surface area contributed by atoms with Crippen LogP contribution in [-0.4, -0.2) is 41.1 Å². The van der Waals surface area contributed by atoms with E-state index < -0.39 is 17.8 Å². The van der Waals surface area contributed by atoms with Crippen molar-refractivity contribution in [2.45, 2.75) is 12.8 Å². The number of rotatable bonds is 3. The van der Waals surface area contributed by atoms with E-state index in [0.29, 0.717) is 11.4 Å². The lowest BCUT2D eigenvalue weighted by Crippen LogP contribution is -2.56. The van der Waals surface area contributed by atoms with Crippen molar-refractivity contribution in [2.75, 3.05) is 24.5 Å². The maximum atomic E-state index is 12.3. The lowest BCUT2D eigenvalue weighted by molar-refractivity contribution is -0.134. The molecule has 2 aromatic rings. The van der Waals surface area contributed by atoms with Crippen LogP contribution in [0.4, 0.5) is 11.5 Å². The number of hydrogen-bond acceptors (Lipinski definition) is 9. The van der Waals surface area contributed by atoms with Crippen molar-refractivity contribution >= 4 is 29.2 Å². The first kappa shape index (κ1) is 15.9. The topological polar surface area (TPSA) is 116 Å². The highest BCUT2D eigenvalue weighted by molar-refractivity contribution is 6.40. The number of nitrogens with one attached hydrogen (secondary N) is 2. The molecule has 0 amide bonds. The molecule has 0 saturated heterocycles. The minimum atomic E-state index is -1.58. The van der Waals surface area contributed by atoms with Crippen molar-refractivity contribution in [3.05, 3.63) is 36.0 Å². The molecule has 2 aliphatic heterocycles. The first-order valence-electron chi connectivity index (χ1n) is 7.85. The van der Waals surface area contributed by atoms with Gasteiger partial charge in [0.05, 0.1) is 25.6 Å². The Balaban J connectivity index is 1.85. The summed E-state index contributed by atoms with van der Waals surface area (Å²) < 4.78 is 17.2. The van der Waals surface area contributed by atoms with E-state index in [1.807, 2.05) is 6.07 Å². The van der Waals surface area contributed by atoms with Gasteiger partial charge in [0.1, 0.15) is 11.3 Å². The molecule has 134 valence electrons. The maximum Gasteiger partial charge on any atom is 0.362 e. The highest BCUT2D eigenvalue weighted by atomic mass is 16.6. The summed E-state index contributed by atoms with van der Waals surface area (Å²) in [6.45, 7) is 1.92. The number of hydrazone groups is 1. The lowest BCUT2D eigenvalue weighted by atomic mass is 10.2. The first-order chi connectivity index (χ1) is 12.6. The van der Waals surface area contributed by atoms with Crippen LogP contribution in [0.1, 0.15) is 17.3 Å². The number of carbonyl (C=O) groups is 2. The molecule has 3 heterocycles. The molecule has 26 heavy (non-hydrogen) atoms. The van der Waals surface area contributed by atoms with Crippen LogP contribution in [-0.2, 0) is 20.1 Å². The number of esters is 2. The van der Waals surface area contributed by atoms with Gasteiger partial charge in [0.25, 0.3) is 0 Å². The molecule has 4 rings (SSSR count). The van der Waals surface area contributed by atoms with Gasteiger partial charge in [0.15, 0.2) is 5.82 Å². The summed E-state index contributed by atoms with van der Waals surface area (Å²) in [5.41, 5.74) is 3.38. The standard InChI is InChI=1S/C16H15N5O5/c1-3-25-14(22)9-8-17-21-13(9)20-19-12(15(23)24-2)16(21)18-10-6-4-5-7-11(10)26-16/h4-8,18,20H,3H2,1-2H3. The van der Waals surface area contributed by atoms with Gasteiger partial charge in [-0.1, -0.05) is 12.1 Å². The molecular weight excluding hydrogens is 342 g/mol. The van der Waals surface area contributed by atoms with E-state index >= 15 is 0 Å². The predicted molar refractivity (Wildman–Crippen MR) is 89.9 cm³/mol. The largest absolute Gasteiger partial charge is 0.464 e. The molecule has 1 atom stereocenters. The Morgan fingerprint density at radius 1 is 1.31 bits per heavy atom. The quantitative estimate of drug-likeness (QED) is 0.786. The molecule has 1 aromatic carbocycles. The number of benzene rings is 1. The Hall–Kier alpha value is -3.56. The second-order valence-electron chi connectivity index (χ2n) is 5.47. The van der Waals surface area contributed by atoms with Gasteiger partial charge in [-0.2, -0.15) is 14.9 Å². The monoisotopic (exact) mass is 357 g/mol. The van der Waals surface area contributed by atoms with Crippen molar-refractivity contribution in [1.82, 2.24) is 9.78 Å². The number of para-hydroxylation sites is 2. The molecule has 0 aliphatic carbocycles. The summed E-state index contributed by atoms with van der Waals surface area (Å²) in [5, 5.41) is 11.4. The third-order valence-corrected chi connectivity index (χ3v) is 3.98. The Morgan fingerprint density at radius 2 is 2.12 bits per heavy atom. The number of hydrogen-bond donors (Lipinski definition) is 2. The normalized spacial score (nSPS) is 19.4. The van der Waals surface area contributed by atoms with E-state index in [0.717, 1.165) is 0 Å². The zero-order valence-corrected chi connectivity index (χ0v) is 14.0. The van der Waals surface area contributed by atoms with E-state index in [-0.39, 0.29) is 23.7 Å². The highest BCUT2D eigenvalue weighted by Gasteiger charge is 2.54. The SMILES string of the molecule is CCOC(=O)c1cnn2c1NN=C(C(=O)OC)C21Nc2ccccc2O1. The third kappa shape index (κ3) is 2.11. The maximum absolute atomic E-state index is 12.3. The summed E-state index contributed by atoms with van der Waals surface area (Å²) in [7, 11) is 1.24. The van der Waals surface area contributed by atoms with Crippen LogP contribution in [0.5, 0.6) is 5.75 Å². The summed E-state index contributed by atoms with van der Waals surface area (Å²) in [6.07, 6.45) is 1.33. The van der Waals surface area contributed by atoms with Crippen molar-refractivity contribution in [3.63, 3.8) is 0 Å². The van der Waals surface area contributed by atoms with Gasteiger partial charge in [-0.15, -0.1) is 0 Å². The van der Waals surface area contributed by atoms with Crippen LogP contribution in [0.15, 0.2) is 35.6 Å². The van der Waals surface area contributed by atoms with Gasteiger partial charge in [-0.3, -0.25) is 5.43 Å². The fourth-order valence-electron chi connectivity index (χ4n) is 2.85. The van der Waals surface area contributed by atoms with Crippen LogP contribution in [0.2, 0.25) is 0 Å². The fraction of sp³-hybridized carbons (Fsp3) is 0.250. The number of fused-ring (bicyclic) bond motifs is 3. The summed E-state index contributed by atoms with van der Waals surface area (Å²) >= 11 is 0. The van der Waals surface area contributed by atoms with Crippen molar-refractivity contribution in [2.24, 2.45) is 5.10 Å². The number of carbonyl (C=O) groups excluding carboxylic acids is 2. The first-order valence-corrected chi connectivity index (χ1v) is 7.85. The fourth-order valence-corrected chi connectivity index (χ4v) is 2.85. The molecule has 2 N–H and O–H groups in total. The van der Waals surface area contributed by atoms with E-state index in [9.17, 15) is 9.59 Å². The second-order valence-corrected chi connectivity index (χ2v) is 5.47. The number of aromatic nitrogens is 2. The van der Waals surface area contributed by atoms with Crippen LogP contribution >= 0.6 is 0 Å². The molecular formula is C16H15N5O5. The Morgan fingerprint density at radius 3 is 2.85 bits per heavy atom. The minimum Gasteiger partial charge on any atom is -0.464 e. The zero-order chi connectivity index (χ0) is 18.3. The van der Waals surface area contributed by atoms with Gasteiger partial charge < -0.3 is 19.5 Å². The van der Waals surface area contributed by atoms with Gasteiger partial charge in [0, 0.05) is 0 Å². The van der Waals surface area contributed by atoms with Gasteiger partial charge in [-0.25, -0.2) is 9.59 Å². The smallest absolute Gasteiger partial charge is 0.362 e. The van der Waals surface area contributed by atoms with Crippen molar-refractivity contribution in [3.8, 4) is 5.75 Å². The van der Waals surface area contributed by atoms with Crippen LogP contribution in [0.3, 0.4) is 0 Å². The number of nitrogens with zero attached hydrogens (tertiary/aromatic N) is 3. The molecule has 10 heteroatoms. The molecule has 1 unspecified atom stereocenters. The van der Waals surface area contributed by atoms with E-state index in [1.165, 1.54) is 18.0 Å². The van der Waals surface area contributed by atoms with Crippen molar-refractivity contribution < 1.29 is 23.8 Å². The number of methoxy groups -OCH3 is 1. The van der Waals surface area contributed by atoms with E-state index in [4.69, 9.17) is 14.2 Å². The predicted octanol–water partition coefficient (Wildman–Crippen LogP) is 1.13. The third-order valence-electron chi connectivity index (χ3n) is 3.98. The molecule has 0 bridgehead atoms. The van der Waals surface area contributed by atoms with Gasteiger partial charge >= 0.3 is 17.8 Å². The van der Waals surface area contributed by atoms with E-state index in [1.54, 1.807) is 25.1 Å². The second kappa shape index (κ2) is 5.76. The molecule has 1 aromatic heterocycles. The molecule has 0 fully saturated rings. The zero-order valence-electron chi connectivity index (χ0n) is 14.0. The summed E-state index contributed by atoms with van der Waals surface area (Å²) in [4.78, 5) is 24.4. The van der Waals surface area contributed by atoms with Gasteiger partial charge in [-0.05, 0) is 19.1 Å². The Labute approximate surface area is 147 Å². The highest BCUT2D eigenvalue weighted by Crippen LogP contribution is 2.42. The molecule has 0 radical (unpaired) electrons. The number of ether oxygens (including phenoxy) is 3. The lowest BCUT2D eigenvalue weighted by Gasteiger charge is -2.33. The van der Waals surface area contributed by atoms with Crippen LogP contribution in [0.25, 0.3) is 0 Å². The van der Waals surface area contributed by atoms with E-state index in [2.05, 4.69) is 20.9 Å². The Bertz CT molecular complexity index is 910. The Kier molecular flexibility index (Phi) is 3.53. The van der Waals surface area contributed by atoms with Crippen molar-refractivity contribution in [1.29, 1.82) is 0 Å².